The SMILES string of the molecule is O=S(=O)([O-])Oc1cc2c(c(OS(=O)(=O)[O-])c1)CC(OS(=O)(=O)[O-])C(c1ccc(OS(=O)(=O)[O-])c(OS(=O)(=O)[O-])c1)O2.[Na+].[Na+].[Na+].[Na+].[Na+]. The topological polar surface area (TPSA) is 341 Å². The van der Waals surface area contributed by atoms with Gasteiger partial charge in [-0.05, 0) is 17.7 Å². The number of hydrogen-bond acceptors (Lipinski definition) is 21. The Morgan fingerprint density at radius 1 is 0.565 bits per heavy atom. The van der Waals surface area contributed by atoms with Crippen LogP contribution in [0, 0.1) is 0 Å². The van der Waals surface area contributed by atoms with Gasteiger partial charge in [0.15, 0.2) is 23.4 Å². The Bertz CT molecular complexity index is 1920. The Balaban J connectivity index is -0.00000370. The van der Waals surface area contributed by atoms with Gasteiger partial charge in [-0.3, -0.25) is 4.18 Å². The molecule has 0 fully saturated rings. The molecule has 0 amide bonds. The van der Waals surface area contributed by atoms with Gasteiger partial charge < -0.3 is 44.2 Å². The second-order valence-electron chi connectivity index (χ2n) is 7.36. The summed E-state index contributed by atoms with van der Waals surface area (Å²) < 4.78 is 193. The molecule has 0 N–H and O–H groups in total. The second kappa shape index (κ2) is 19.7. The van der Waals surface area contributed by atoms with Crippen molar-refractivity contribution >= 4 is 52.0 Å². The fourth-order valence-corrected chi connectivity index (χ4v) is 5.23. The molecule has 2 unspecified atom stereocenters. The van der Waals surface area contributed by atoms with Crippen LogP contribution in [0.2, 0.25) is 0 Å². The number of ether oxygens (including phenoxy) is 1. The molecule has 46 heavy (non-hydrogen) atoms. The van der Waals surface area contributed by atoms with Gasteiger partial charge in [0.1, 0.15) is 17.6 Å². The summed E-state index contributed by atoms with van der Waals surface area (Å²) in [6.07, 6.45) is -4.92. The summed E-state index contributed by atoms with van der Waals surface area (Å²) in [4.78, 5) is 0. The Labute approximate surface area is 373 Å². The maximum atomic E-state index is 11.4. The Hall–Kier alpha value is 1.95. The first kappa shape index (κ1) is 52.3. The Morgan fingerprint density at radius 3 is 1.48 bits per heavy atom. The number of fused-ring (bicyclic) bond motifs is 1. The number of benzene rings is 2. The summed E-state index contributed by atoms with van der Waals surface area (Å²) in [6.45, 7) is 0. The van der Waals surface area contributed by atoms with Crippen molar-refractivity contribution in [1.82, 2.24) is 0 Å². The van der Waals surface area contributed by atoms with E-state index in [-0.39, 0.29) is 148 Å². The van der Waals surface area contributed by atoms with Gasteiger partial charge in [-0.15, -0.1) is 0 Å². The summed E-state index contributed by atoms with van der Waals surface area (Å²) >= 11 is 0. The maximum Gasteiger partial charge on any atom is 1.00 e. The van der Waals surface area contributed by atoms with Crippen LogP contribution in [-0.4, -0.2) is 71.0 Å². The van der Waals surface area contributed by atoms with Crippen molar-refractivity contribution in [2.45, 2.75) is 18.6 Å². The van der Waals surface area contributed by atoms with Crippen LogP contribution in [-0.2, 0) is 62.6 Å². The standard InChI is InChI=1S/C15H14O21S5.5Na/c16-37(17,18)32-8-4-11-9(12(5-8)34-39(22,23)24)6-14(36-41(28,29)30)15(31-11)7-1-2-10(33-38(19,20)21)13(3-7)35-40(25,26)27;;;;;/h1-5,14-15H,6H2,(H,16,17,18)(H,19,20,21)(H,22,23,24)(H,25,26,27)(H,28,29,30);;;;;/q;5*+1/p-5. The molecular weight excluding hydrogens is 791 g/mol. The van der Waals surface area contributed by atoms with Crippen LogP contribution in [0.15, 0.2) is 30.3 Å². The van der Waals surface area contributed by atoms with Crippen molar-refractivity contribution in [2.75, 3.05) is 0 Å². The molecular formula is C15H9Na5O21S5. The second-order valence-corrected chi connectivity index (χ2v) is 12.3. The van der Waals surface area contributed by atoms with Crippen LogP contribution in [0.1, 0.15) is 17.2 Å². The molecule has 0 bridgehead atoms. The van der Waals surface area contributed by atoms with Crippen molar-refractivity contribution in [3.05, 3.63) is 41.5 Å². The van der Waals surface area contributed by atoms with Crippen LogP contribution in [0.25, 0.3) is 0 Å². The molecule has 2 atom stereocenters. The van der Waals surface area contributed by atoms with Gasteiger partial charge in [0.05, 0.1) is 0 Å². The van der Waals surface area contributed by atoms with E-state index in [1.54, 1.807) is 0 Å². The molecule has 230 valence electrons. The third kappa shape index (κ3) is 17.9. The van der Waals surface area contributed by atoms with Gasteiger partial charge in [-0.1, -0.05) is 6.07 Å². The van der Waals surface area contributed by atoms with Crippen molar-refractivity contribution in [1.29, 1.82) is 0 Å². The van der Waals surface area contributed by atoms with Gasteiger partial charge in [-0.2, -0.15) is 0 Å². The Kier molecular flexibility index (Phi) is 22.4. The molecule has 0 aromatic heterocycles. The molecule has 31 heteroatoms. The van der Waals surface area contributed by atoms with E-state index in [2.05, 4.69) is 20.9 Å². The third-order valence-corrected chi connectivity index (χ3v) is 6.48. The van der Waals surface area contributed by atoms with Crippen molar-refractivity contribution in [3.8, 4) is 28.7 Å². The van der Waals surface area contributed by atoms with Gasteiger partial charge in [-0.25, -0.2) is 42.1 Å². The zero-order valence-electron chi connectivity index (χ0n) is 23.9. The van der Waals surface area contributed by atoms with Gasteiger partial charge in [0.25, 0.3) is 41.6 Å². The summed E-state index contributed by atoms with van der Waals surface area (Å²) in [5.74, 6) is -5.21. The molecule has 0 radical (unpaired) electrons. The molecule has 2 aromatic rings. The van der Waals surface area contributed by atoms with Gasteiger partial charge in [0, 0.05) is 24.1 Å². The largest absolute Gasteiger partial charge is 1.00 e. The van der Waals surface area contributed by atoms with E-state index in [0.717, 1.165) is 6.07 Å². The zero-order valence-corrected chi connectivity index (χ0v) is 37.9. The summed E-state index contributed by atoms with van der Waals surface area (Å²) in [5.41, 5.74) is -1.08. The van der Waals surface area contributed by atoms with E-state index >= 15 is 0 Å². The number of rotatable bonds is 11. The van der Waals surface area contributed by atoms with Crippen molar-refractivity contribution in [2.24, 2.45) is 0 Å². The number of hydrogen-bond donors (Lipinski definition) is 0. The molecule has 0 saturated heterocycles. The summed E-state index contributed by atoms with van der Waals surface area (Å²) in [6, 6.07) is 2.74. The predicted molar refractivity (Wildman–Crippen MR) is 116 cm³/mol. The minimum absolute atomic E-state index is 0. The van der Waals surface area contributed by atoms with Crippen LogP contribution >= 0.6 is 0 Å². The van der Waals surface area contributed by atoms with Crippen LogP contribution in [0.5, 0.6) is 28.7 Å². The molecule has 21 nitrogen and oxygen atoms in total. The molecule has 2 aromatic carbocycles. The quantitative estimate of drug-likeness (QED) is 0.116. The zero-order chi connectivity index (χ0) is 31.2. The molecule has 0 spiro atoms. The Morgan fingerprint density at radius 2 is 1.02 bits per heavy atom. The smallest absolute Gasteiger partial charge is 0.726 e. The van der Waals surface area contributed by atoms with E-state index in [9.17, 15) is 64.9 Å². The van der Waals surface area contributed by atoms with Crippen LogP contribution in [0.3, 0.4) is 0 Å². The average Bonchev–Trinajstić information content (AvgIpc) is 2.69. The predicted octanol–water partition coefficient (Wildman–Crippen LogP) is -17.4. The minimum atomic E-state index is -5.69. The van der Waals surface area contributed by atoms with E-state index in [1.165, 1.54) is 0 Å². The fraction of sp³-hybridized carbons (Fsp3) is 0.200. The molecule has 1 heterocycles. The van der Waals surface area contributed by atoms with Crippen molar-refractivity contribution in [3.63, 3.8) is 0 Å². The molecule has 0 aliphatic carbocycles. The molecule has 3 rings (SSSR count). The third-order valence-electron chi connectivity index (χ3n) is 4.45. The minimum Gasteiger partial charge on any atom is -0.726 e. The summed E-state index contributed by atoms with van der Waals surface area (Å²) in [7, 11) is -28.1. The fourth-order valence-electron chi connectivity index (χ4n) is 3.35. The first-order chi connectivity index (χ1) is 18.4. The first-order valence-electron chi connectivity index (χ1n) is 9.60. The van der Waals surface area contributed by atoms with Crippen molar-refractivity contribution < 1.29 is 238 Å². The van der Waals surface area contributed by atoms with E-state index in [4.69, 9.17) is 4.74 Å². The van der Waals surface area contributed by atoms with Gasteiger partial charge >= 0.3 is 148 Å². The maximum absolute atomic E-state index is 11.4. The normalized spacial score (nSPS) is 16.1. The first-order valence-corrected chi connectivity index (χ1v) is 16.3. The van der Waals surface area contributed by atoms with Crippen LogP contribution in [0.4, 0.5) is 0 Å². The van der Waals surface area contributed by atoms with E-state index < -0.39 is 110 Å². The molecule has 1 aliphatic rings. The molecule has 1 aliphatic heterocycles. The van der Waals surface area contributed by atoms with E-state index in [0.29, 0.717) is 24.3 Å². The monoisotopic (exact) mass is 800 g/mol. The van der Waals surface area contributed by atoms with Crippen LogP contribution < -0.4 is 169 Å². The molecule has 0 saturated carbocycles. The van der Waals surface area contributed by atoms with E-state index in [1.807, 2.05) is 0 Å². The summed E-state index contributed by atoms with van der Waals surface area (Å²) in [5, 5.41) is 0. The average molecular weight is 801 g/mol. The van der Waals surface area contributed by atoms with Gasteiger partial charge in [0.2, 0.25) is 10.4 Å².